The van der Waals surface area contributed by atoms with Gasteiger partial charge in [0.25, 0.3) is 5.95 Å². The van der Waals surface area contributed by atoms with Crippen molar-refractivity contribution in [1.29, 1.82) is 0 Å². The largest absolute Gasteiger partial charge is 0.399 e. The summed E-state index contributed by atoms with van der Waals surface area (Å²) in [4.78, 5) is 0. The number of nitrogen functional groups attached to an aromatic ring is 2. The summed E-state index contributed by atoms with van der Waals surface area (Å²) in [5, 5.41) is 16.1. The Morgan fingerprint density at radius 2 is 1.70 bits per heavy atom. The number of tetrazole rings is 1. The zero-order valence-corrected chi connectivity index (χ0v) is 11.1. The Balaban J connectivity index is 2.15. The van der Waals surface area contributed by atoms with Crippen molar-refractivity contribution < 1.29 is 0 Å². The van der Waals surface area contributed by atoms with E-state index in [-0.39, 0.29) is 0 Å². The van der Waals surface area contributed by atoms with Crippen molar-refractivity contribution in [3.05, 3.63) is 35.7 Å². The van der Waals surface area contributed by atoms with E-state index < -0.39 is 0 Å². The minimum atomic E-state index is 0.479. The first-order valence-electron chi connectivity index (χ1n) is 6.04. The Hall–Kier alpha value is -2.90. The Kier molecular flexibility index (Phi) is 2.63. The molecule has 20 heavy (non-hydrogen) atoms. The van der Waals surface area contributed by atoms with Crippen LogP contribution in [0, 0.1) is 13.8 Å². The zero-order valence-electron chi connectivity index (χ0n) is 11.1. The fraction of sp³-hybridized carbons (Fsp3) is 0.167. The summed E-state index contributed by atoms with van der Waals surface area (Å²) in [6.07, 6.45) is 0. The molecule has 4 N–H and O–H groups in total. The van der Waals surface area contributed by atoms with E-state index in [0.717, 1.165) is 17.1 Å². The van der Waals surface area contributed by atoms with E-state index in [1.165, 1.54) is 0 Å². The normalized spacial score (nSPS) is 10.9. The first kappa shape index (κ1) is 12.2. The summed E-state index contributed by atoms with van der Waals surface area (Å²) in [6, 6.07) is 7.25. The lowest BCUT2D eigenvalue weighted by Gasteiger charge is -2.06. The standard InChI is InChI=1S/C12H14N8/c1-7-11(14)8(2)19(16-7)12-15-17-18-20(12)10-5-3-9(13)4-6-10/h3-6H,13-14H2,1-2H3. The molecule has 0 unspecified atom stereocenters. The highest BCUT2D eigenvalue weighted by Gasteiger charge is 2.16. The Morgan fingerprint density at radius 1 is 1.00 bits per heavy atom. The van der Waals surface area contributed by atoms with Gasteiger partial charge in [-0.3, -0.25) is 0 Å². The molecule has 102 valence electrons. The Morgan fingerprint density at radius 3 is 2.30 bits per heavy atom. The van der Waals surface area contributed by atoms with Gasteiger partial charge in [0.15, 0.2) is 0 Å². The van der Waals surface area contributed by atoms with Gasteiger partial charge < -0.3 is 11.5 Å². The molecule has 1 aromatic carbocycles. The van der Waals surface area contributed by atoms with E-state index in [2.05, 4.69) is 20.6 Å². The molecule has 2 heterocycles. The average molecular weight is 270 g/mol. The van der Waals surface area contributed by atoms with Crippen molar-refractivity contribution in [3.63, 3.8) is 0 Å². The molecule has 0 fully saturated rings. The molecule has 0 amide bonds. The van der Waals surface area contributed by atoms with Crippen LogP contribution in [0.4, 0.5) is 11.4 Å². The zero-order chi connectivity index (χ0) is 14.3. The first-order valence-corrected chi connectivity index (χ1v) is 6.04. The van der Waals surface area contributed by atoms with E-state index >= 15 is 0 Å². The molecule has 2 aromatic heterocycles. The van der Waals surface area contributed by atoms with Crippen LogP contribution in [0.1, 0.15) is 11.4 Å². The number of anilines is 2. The Labute approximate surface area is 115 Å². The summed E-state index contributed by atoms with van der Waals surface area (Å²) >= 11 is 0. The second kappa shape index (κ2) is 4.34. The number of aryl methyl sites for hydroxylation is 1. The van der Waals surface area contributed by atoms with E-state index in [1.807, 2.05) is 26.0 Å². The third-order valence-corrected chi connectivity index (χ3v) is 3.13. The molecule has 0 saturated heterocycles. The predicted octanol–water partition coefficient (Wildman–Crippen LogP) is 0.629. The van der Waals surface area contributed by atoms with E-state index in [4.69, 9.17) is 11.5 Å². The van der Waals surface area contributed by atoms with Crippen LogP contribution < -0.4 is 11.5 Å². The lowest BCUT2D eigenvalue weighted by Crippen LogP contribution is -2.09. The van der Waals surface area contributed by atoms with Gasteiger partial charge in [-0.1, -0.05) is 5.10 Å². The van der Waals surface area contributed by atoms with Gasteiger partial charge in [-0.15, -0.1) is 0 Å². The van der Waals surface area contributed by atoms with Crippen molar-refractivity contribution in [2.75, 3.05) is 11.5 Å². The third kappa shape index (κ3) is 1.78. The Bertz CT molecular complexity index is 752. The number of hydrogen-bond donors (Lipinski definition) is 2. The number of nitrogens with two attached hydrogens (primary N) is 2. The van der Waals surface area contributed by atoms with Gasteiger partial charge in [-0.25, -0.2) is 0 Å². The number of benzene rings is 1. The molecule has 0 atom stereocenters. The quantitative estimate of drug-likeness (QED) is 0.660. The first-order chi connectivity index (χ1) is 9.58. The minimum Gasteiger partial charge on any atom is -0.399 e. The molecule has 0 aliphatic rings. The molecule has 8 heteroatoms. The van der Waals surface area contributed by atoms with Crippen LogP contribution in [-0.2, 0) is 0 Å². The van der Waals surface area contributed by atoms with Crippen molar-refractivity contribution >= 4 is 11.4 Å². The van der Waals surface area contributed by atoms with Crippen molar-refractivity contribution in [2.24, 2.45) is 0 Å². The summed E-state index contributed by atoms with van der Waals surface area (Å²) in [5.41, 5.74) is 15.3. The highest BCUT2D eigenvalue weighted by molar-refractivity contribution is 5.50. The van der Waals surface area contributed by atoms with Gasteiger partial charge in [0.1, 0.15) is 0 Å². The molecule has 3 rings (SSSR count). The molecule has 0 aliphatic carbocycles. The van der Waals surface area contributed by atoms with Crippen molar-refractivity contribution in [3.8, 4) is 11.6 Å². The topological polar surface area (TPSA) is 113 Å². The smallest absolute Gasteiger partial charge is 0.275 e. The fourth-order valence-corrected chi connectivity index (χ4v) is 1.95. The highest BCUT2D eigenvalue weighted by Crippen LogP contribution is 2.19. The van der Waals surface area contributed by atoms with Crippen LogP contribution >= 0.6 is 0 Å². The van der Waals surface area contributed by atoms with E-state index in [0.29, 0.717) is 17.3 Å². The van der Waals surface area contributed by atoms with E-state index in [1.54, 1.807) is 21.5 Å². The summed E-state index contributed by atoms with van der Waals surface area (Å²) in [5.74, 6) is 0.479. The van der Waals surface area contributed by atoms with Gasteiger partial charge in [0.2, 0.25) is 0 Å². The maximum Gasteiger partial charge on any atom is 0.275 e. The second-order valence-electron chi connectivity index (χ2n) is 4.48. The number of aromatic nitrogens is 6. The number of hydrogen-bond acceptors (Lipinski definition) is 6. The fourth-order valence-electron chi connectivity index (χ4n) is 1.95. The summed E-state index contributed by atoms with van der Waals surface area (Å²) in [6.45, 7) is 3.72. The second-order valence-corrected chi connectivity index (χ2v) is 4.48. The maximum atomic E-state index is 5.94. The molecule has 0 radical (unpaired) electrons. The predicted molar refractivity (Wildman–Crippen MR) is 74.6 cm³/mol. The molecule has 3 aromatic rings. The number of nitrogens with zero attached hydrogens (tertiary/aromatic N) is 6. The summed E-state index contributed by atoms with van der Waals surface area (Å²) in [7, 11) is 0. The van der Waals surface area contributed by atoms with Crippen LogP contribution in [0.15, 0.2) is 24.3 Å². The molecular formula is C12H14N8. The molecular weight excluding hydrogens is 256 g/mol. The SMILES string of the molecule is Cc1nn(-c2nnnn2-c2ccc(N)cc2)c(C)c1N. The summed E-state index contributed by atoms with van der Waals surface area (Å²) < 4.78 is 3.21. The van der Waals surface area contributed by atoms with Crippen LogP contribution in [-0.4, -0.2) is 30.0 Å². The van der Waals surface area contributed by atoms with Crippen LogP contribution in [0.5, 0.6) is 0 Å². The molecule has 0 bridgehead atoms. The van der Waals surface area contributed by atoms with Gasteiger partial charge in [0, 0.05) is 5.69 Å². The third-order valence-electron chi connectivity index (χ3n) is 3.13. The lowest BCUT2D eigenvalue weighted by atomic mass is 10.3. The maximum absolute atomic E-state index is 5.94. The van der Waals surface area contributed by atoms with Crippen LogP contribution in [0.25, 0.3) is 11.6 Å². The van der Waals surface area contributed by atoms with Crippen LogP contribution in [0.2, 0.25) is 0 Å². The van der Waals surface area contributed by atoms with E-state index in [9.17, 15) is 0 Å². The molecule has 0 spiro atoms. The van der Waals surface area contributed by atoms with Gasteiger partial charge in [-0.05, 0) is 48.5 Å². The van der Waals surface area contributed by atoms with Gasteiger partial charge >= 0.3 is 0 Å². The van der Waals surface area contributed by atoms with Gasteiger partial charge in [-0.2, -0.15) is 14.5 Å². The monoisotopic (exact) mass is 270 g/mol. The molecule has 8 nitrogen and oxygen atoms in total. The lowest BCUT2D eigenvalue weighted by molar-refractivity contribution is 0.724. The minimum absolute atomic E-state index is 0.479. The number of rotatable bonds is 2. The van der Waals surface area contributed by atoms with Crippen molar-refractivity contribution in [2.45, 2.75) is 13.8 Å². The average Bonchev–Trinajstić information content (AvgIpc) is 3.01. The van der Waals surface area contributed by atoms with Gasteiger partial charge in [0.05, 0.1) is 22.8 Å². The molecule has 0 aliphatic heterocycles. The van der Waals surface area contributed by atoms with Crippen molar-refractivity contribution in [1.82, 2.24) is 30.0 Å². The molecule has 0 saturated carbocycles. The highest BCUT2D eigenvalue weighted by atomic mass is 15.6. The van der Waals surface area contributed by atoms with Crippen LogP contribution in [0.3, 0.4) is 0 Å².